The molecule has 0 unspecified atom stereocenters. The SMILES string of the molecule is Cc1ccc(C#Cc2cc(C)cc(-c3nc4ccccc4o3)c2O)cc1. The maximum atomic E-state index is 10.7. The van der Waals surface area contributed by atoms with Crippen LogP contribution in [0.5, 0.6) is 5.75 Å². The number of phenols is 1. The van der Waals surface area contributed by atoms with E-state index in [-0.39, 0.29) is 5.75 Å². The first kappa shape index (κ1) is 16.0. The number of nitrogens with zero attached hydrogens (tertiary/aromatic N) is 1. The van der Waals surface area contributed by atoms with E-state index in [0.29, 0.717) is 22.6 Å². The molecule has 0 amide bonds. The van der Waals surface area contributed by atoms with E-state index in [0.717, 1.165) is 16.6 Å². The molecule has 0 radical (unpaired) electrons. The summed E-state index contributed by atoms with van der Waals surface area (Å²) in [6, 6.07) is 19.2. The first-order chi connectivity index (χ1) is 12.6. The van der Waals surface area contributed by atoms with Crippen molar-refractivity contribution in [1.29, 1.82) is 0 Å². The molecule has 4 rings (SSSR count). The second-order valence-corrected chi connectivity index (χ2v) is 6.31. The zero-order chi connectivity index (χ0) is 18.1. The summed E-state index contributed by atoms with van der Waals surface area (Å²) in [5.74, 6) is 6.64. The molecule has 3 nitrogen and oxygen atoms in total. The molecule has 3 aromatic carbocycles. The second kappa shape index (κ2) is 6.42. The minimum absolute atomic E-state index is 0.0850. The summed E-state index contributed by atoms with van der Waals surface area (Å²) in [6.45, 7) is 4.00. The van der Waals surface area contributed by atoms with Gasteiger partial charge in [-0.2, -0.15) is 0 Å². The van der Waals surface area contributed by atoms with Crippen molar-refractivity contribution < 1.29 is 9.52 Å². The van der Waals surface area contributed by atoms with Gasteiger partial charge in [0, 0.05) is 5.56 Å². The molecule has 0 fully saturated rings. The summed E-state index contributed by atoms with van der Waals surface area (Å²) in [6.07, 6.45) is 0. The predicted octanol–water partition coefficient (Wildman–Crippen LogP) is 5.22. The van der Waals surface area contributed by atoms with Crippen molar-refractivity contribution in [3.8, 4) is 29.0 Å². The molecule has 1 heterocycles. The van der Waals surface area contributed by atoms with Crippen LogP contribution in [0.2, 0.25) is 0 Å². The van der Waals surface area contributed by atoms with E-state index in [1.54, 1.807) is 0 Å². The first-order valence-corrected chi connectivity index (χ1v) is 8.38. The Morgan fingerprint density at radius 1 is 0.885 bits per heavy atom. The zero-order valence-electron chi connectivity index (χ0n) is 14.6. The standard InChI is InChI=1S/C23H17NO2/c1-15-7-9-17(10-8-15)11-12-18-13-16(2)14-19(22(18)25)23-24-20-5-3-4-6-21(20)26-23/h3-10,13-14,25H,1-2H3. The quantitative estimate of drug-likeness (QED) is 0.484. The molecule has 26 heavy (non-hydrogen) atoms. The van der Waals surface area contributed by atoms with Crippen molar-refractivity contribution in [1.82, 2.24) is 4.98 Å². The van der Waals surface area contributed by atoms with E-state index in [2.05, 4.69) is 16.8 Å². The van der Waals surface area contributed by atoms with Crippen LogP contribution in [-0.2, 0) is 0 Å². The Labute approximate surface area is 151 Å². The van der Waals surface area contributed by atoms with Gasteiger partial charge in [-0.15, -0.1) is 0 Å². The van der Waals surface area contributed by atoms with Crippen LogP contribution in [0.25, 0.3) is 22.6 Å². The lowest BCUT2D eigenvalue weighted by molar-refractivity contribution is 0.472. The van der Waals surface area contributed by atoms with Gasteiger partial charge in [0.25, 0.3) is 0 Å². The average molecular weight is 339 g/mol. The van der Waals surface area contributed by atoms with Crippen LogP contribution in [0.1, 0.15) is 22.3 Å². The van der Waals surface area contributed by atoms with Gasteiger partial charge in [-0.05, 0) is 55.8 Å². The number of oxazole rings is 1. The Bertz CT molecular complexity index is 1130. The van der Waals surface area contributed by atoms with Crippen molar-refractivity contribution >= 4 is 11.1 Å². The number of aromatic nitrogens is 1. The van der Waals surface area contributed by atoms with Gasteiger partial charge in [0.2, 0.25) is 5.89 Å². The Morgan fingerprint density at radius 3 is 2.42 bits per heavy atom. The van der Waals surface area contributed by atoms with Crippen LogP contribution in [0.3, 0.4) is 0 Å². The lowest BCUT2D eigenvalue weighted by Crippen LogP contribution is -1.87. The molecule has 1 N–H and O–H groups in total. The minimum atomic E-state index is 0.0850. The van der Waals surface area contributed by atoms with Gasteiger partial charge in [0.15, 0.2) is 5.58 Å². The molecular weight excluding hydrogens is 322 g/mol. The smallest absolute Gasteiger partial charge is 0.231 e. The summed E-state index contributed by atoms with van der Waals surface area (Å²) < 4.78 is 5.80. The van der Waals surface area contributed by atoms with Crippen LogP contribution in [0.15, 0.2) is 65.1 Å². The van der Waals surface area contributed by atoms with Gasteiger partial charge in [-0.3, -0.25) is 0 Å². The summed E-state index contributed by atoms with van der Waals surface area (Å²) in [5, 5.41) is 10.7. The van der Waals surface area contributed by atoms with Gasteiger partial charge < -0.3 is 9.52 Å². The number of phenolic OH excluding ortho intramolecular Hbond substituents is 1. The number of aromatic hydroxyl groups is 1. The largest absolute Gasteiger partial charge is 0.506 e. The topological polar surface area (TPSA) is 46.3 Å². The summed E-state index contributed by atoms with van der Waals surface area (Å²) in [4.78, 5) is 4.48. The third-order valence-electron chi connectivity index (χ3n) is 4.17. The van der Waals surface area contributed by atoms with Crippen LogP contribution >= 0.6 is 0 Å². The maximum absolute atomic E-state index is 10.7. The molecule has 0 bridgehead atoms. The van der Waals surface area contributed by atoms with E-state index < -0.39 is 0 Å². The van der Waals surface area contributed by atoms with Crippen LogP contribution in [0.4, 0.5) is 0 Å². The van der Waals surface area contributed by atoms with Crippen LogP contribution in [-0.4, -0.2) is 10.1 Å². The molecule has 0 aliphatic heterocycles. The number of hydrogen-bond donors (Lipinski definition) is 1. The van der Waals surface area contributed by atoms with Crippen molar-refractivity contribution in [3.63, 3.8) is 0 Å². The molecule has 0 atom stereocenters. The molecular formula is C23H17NO2. The fourth-order valence-electron chi connectivity index (χ4n) is 2.80. The van der Waals surface area contributed by atoms with Gasteiger partial charge in [-0.1, -0.05) is 41.7 Å². The number of benzene rings is 3. The fourth-order valence-corrected chi connectivity index (χ4v) is 2.80. The highest BCUT2D eigenvalue weighted by Gasteiger charge is 2.15. The van der Waals surface area contributed by atoms with E-state index in [1.807, 2.05) is 74.5 Å². The van der Waals surface area contributed by atoms with E-state index in [9.17, 15) is 5.11 Å². The normalized spacial score (nSPS) is 10.5. The highest BCUT2D eigenvalue weighted by molar-refractivity contribution is 5.78. The third kappa shape index (κ3) is 3.05. The van der Waals surface area contributed by atoms with Crippen molar-refractivity contribution in [2.45, 2.75) is 13.8 Å². The summed E-state index contributed by atoms with van der Waals surface area (Å²) >= 11 is 0. The second-order valence-electron chi connectivity index (χ2n) is 6.31. The lowest BCUT2D eigenvalue weighted by atomic mass is 10.0. The molecule has 126 valence electrons. The summed E-state index contributed by atoms with van der Waals surface area (Å²) in [5.41, 5.74) is 5.63. The molecule has 0 aliphatic rings. The highest BCUT2D eigenvalue weighted by atomic mass is 16.3. The van der Waals surface area contributed by atoms with E-state index in [4.69, 9.17) is 4.42 Å². The first-order valence-electron chi connectivity index (χ1n) is 8.38. The number of para-hydroxylation sites is 2. The van der Waals surface area contributed by atoms with E-state index >= 15 is 0 Å². The van der Waals surface area contributed by atoms with Gasteiger partial charge >= 0.3 is 0 Å². The van der Waals surface area contributed by atoms with Crippen molar-refractivity contribution in [2.24, 2.45) is 0 Å². The molecule has 1 aromatic heterocycles. The third-order valence-corrected chi connectivity index (χ3v) is 4.17. The molecule has 4 aromatic rings. The predicted molar refractivity (Wildman–Crippen MR) is 103 cm³/mol. The number of rotatable bonds is 1. The average Bonchev–Trinajstić information content (AvgIpc) is 3.07. The Hall–Kier alpha value is -3.51. The monoisotopic (exact) mass is 339 g/mol. The number of aryl methyl sites for hydroxylation is 2. The Balaban J connectivity index is 1.79. The summed E-state index contributed by atoms with van der Waals surface area (Å²) in [7, 11) is 0. The van der Waals surface area contributed by atoms with Gasteiger partial charge in [0.05, 0.1) is 11.1 Å². The lowest BCUT2D eigenvalue weighted by Gasteiger charge is -2.05. The van der Waals surface area contributed by atoms with Crippen molar-refractivity contribution in [2.75, 3.05) is 0 Å². The Kier molecular flexibility index (Phi) is 3.95. The van der Waals surface area contributed by atoms with Gasteiger partial charge in [-0.25, -0.2) is 4.98 Å². The zero-order valence-corrected chi connectivity index (χ0v) is 14.6. The number of hydrogen-bond acceptors (Lipinski definition) is 3. The Morgan fingerprint density at radius 2 is 1.65 bits per heavy atom. The number of fused-ring (bicyclic) bond motifs is 1. The molecule has 0 spiro atoms. The molecule has 0 saturated carbocycles. The molecule has 0 aliphatic carbocycles. The minimum Gasteiger partial charge on any atom is -0.506 e. The van der Waals surface area contributed by atoms with Crippen LogP contribution in [0, 0.1) is 25.7 Å². The highest BCUT2D eigenvalue weighted by Crippen LogP contribution is 2.34. The molecule has 3 heteroatoms. The van der Waals surface area contributed by atoms with Gasteiger partial charge in [0.1, 0.15) is 11.3 Å². The van der Waals surface area contributed by atoms with E-state index in [1.165, 1.54) is 5.56 Å². The fraction of sp³-hybridized carbons (Fsp3) is 0.0870. The maximum Gasteiger partial charge on any atom is 0.231 e. The van der Waals surface area contributed by atoms with Crippen molar-refractivity contribution in [3.05, 3.63) is 82.9 Å². The van der Waals surface area contributed by atoms with Crippen LogP contribution < -0.4 is 0 Å². The molecule has 0 saturated heterocycles.